The predicted molar refractivity (Wildman–Crippen MR) is 86.0 cm³/mol. The van der Waals surface area contributed by atoms with E-state index >= 15 is 0 Å². The van der Waals surface area contributed by atoms with Gasteiger partial charge in [0.1, 0.15) is 0 Å². The highest BCUT2D eigenvalue weighted by atomic mass is 16.2. The first kappa shape index (κ1) is 16.0. The van der Waals surface area contributed by atoms with Crippen molar-refractivity contribution in [3.05, 3.63) is 35.9 Å². The molecule has 4 heteroatoms. The number of rotatable bonds is 6. The van der Waals surface area contributed by atoms with E-state index in [0.29, 0.717) is 12.5 Å². The Labute approximate surface area is 127 Å². The Morgan fingerprint density at radius 2 is 2.10 bits per heavy atom. The highest BCUT2D eigenvalue weighted by Crippen LogP contribution is 2.14. The fourth-order valence-corrected chi connectivity index (χ4v) is 3.07. The molecule has 0 saturated carbocycles. The maximum Gasteiger partial charge on any atom is 0.234 e. The van der Waals surface area contributed by atoms with Crippen molar-refractivity contribution in [2.75, 3.05) is 26.2 Å². The minimum Gasteiger partial charge on any atom is -0.355 e. The zero-order chi connectivity index (χ0) is 15.1. The van der Waals surface area contributed by atoms with E-state index in [2.05, 4.69) is 41.4 Å². The average molecular weight is 289 g/mol. The van der Waals surface area contributed by atoms with Crippen LogP contribution in [0.5, 0.6) is 0 Å². The molecule has 1 fully saturated rings. The summed E-state index contributed by atoms with van der Waals surface area (Å²) in [7, 11) is 0. The number of piperidine rings is 1. The number of nitrogens with two attached hydrogens (primary N) is 1. The van der Waals surface area contributed by atoms with Gasteiger partial charge in [-0.1, -0.05) is 37.3 Å². The van der Waals surface area contributed by atoms with Gasteiger partial charge in [0.2, 0.25) is 5.91 Å². The van der Waals surface area contributed by atoms with E-state index in [1.807, 2.05) is 6.07 Å². The minimum atomic E-state index is 0.115. The molecule has 1 amide bonds. The zero-order valence-corrected chi connectivity index (χ0v) is 12.9. The molecule has 3 N–H and O–H groups in total. The number of carbonyl (C=O) groups excluding carboxylic acids is 1. The third-order valence-electron chi connectivity index (χ3n) is 3.94. The van der Waals surface area contributed by atoms with Crippen molar-refractivity contribution >= 4 is 5.91 Å². The van der Waals surface area contributed by atoms with Crippen LogP contribution in [0, 0.1) is 5.92 Å². The molecule has 4 nitrogen and oxygen atoms in total. The molecule has 2 unspecified atom stereocenters. The molecule has 0 radical (unpaired) electrons. The molecule has 2 atom stereocenters. The van der Waals surface area contributed by atoms with Gasteiger partial charge in [-0.2, -0.15) is 0 Å². The van der Waals surface area contributed by atoms with Gasteiger partial charge in [-0.15, -0.1) is 0 Å². The number of amides is 1. The number of nitrogens with zero attached hydrogens (tertiary/aromatic N) is 1. The Kier molecular flexibility index (Phi) is 6.21. The SMILES string of the molecule is CC1CC(N)CN(CC(=O)NCCCc2ccccc2)C1. The minimum absolute atomic E-state index is 0.115. The van der Waals surface area contributed by atoms with Gasteiger partial charge in [-0.05, 0) is 30.7 Å². The second kappa shape index (κ2) is 8.15. The van der Waals surface area contributed by atoms with Crippen LogP contribution in [-0.4, -0.2) is 43.0 Å². The number of carbonyl (C=O) groups is 1. The Bertz CT molecular complexity index is 425. The summed E-state index contributed by atoms with van der Waals surface area (Å²) in [6.07, 6.45) is 3.05. The van der Waals surface area contributed by atoms with Crippen LogP contribution in [0.4, 0.5) is 0 Å². The molecule has 2 rings (SSSR count). The molecule has 1 aromatic carbocycles. The largest absolute Gasteiger partial charge is 0.355 e. The van der Waals surface area contributed by atoms with E-state index in [4.69, 9.17) is 5.73 Å². The fourth-order valence-electron chi connectivity index (χ4n) is 3.07. The highest BCUT2D eigenvalue weighted by molar-refractivity contribution is 5.78. The van der Waals surface area contributed by atoms with Gasteiger partial charge in [0.15, 0.2) is 0 Å². The number of hydrogen-bond acceptors (Lipinski definition) is 3. The first-order valence-corrected chi connectivity index (χ1v) is 7.92. The second-order valence-electron chi connectivity index (χ2n) is 6.23. The maximum atomic E-state index is 11.9. The molecule has 1 aromatic rings. The van der Waals surface area contributed by atoms with Crippen molar-refractivity contribution in [1.82, 2.24) is 10.2 Å². The van der Waals surface area contributed by atoms with E-state index in [1.54, 1.807) is 0 Å². The number of benzene rings is 1. The van der Waals surface area contributed by atoms with Gasteiger partial charge in [0, 0.05) is 25.7 Å². The number of hydrogen-bond donors (Lipinski definition) is 2. The molecule has 116 valence electrons. The van der Waals surface area contributed by atoms with Crippen molar-refractivity contribution in [2.45, 2.75) is 32.2 Å². The molecule has 0 aliphatic carbocycles. The summed E-state index contributed by atoms with van der Waals surface area (Å²) in [6, 6.07) is 10.6. The average Bonchev–Trinajstić information content (AvgIpc) is 2.43. The first-order valence-electron chi connectivity index (χ1n) is 7.92. The summed E-state index contributed by atoms with van der Waals surface area (Å²) < 4.78 is 0. The van der Waals surface area contributed by atoms with Crippen LogP contribution in [0.1, 0.15) is 25.3 Å². The van der Waals surface area contributed by atoms with E-state index in [9.17, 15) is 4.79 Å². The van der Waals surface area contributed by atoms with Crippen molar-refractivity contribution in [3.8, 4) is 0 Å². The smallest absolute Gasteiger partial charge is 0.234 e. The van der Waals surface area contributed by atoms with Gasteiger partial charge in [0.25, 0.3) is 0 Å². The molecule has 1 heterocycles. The van der Waals surface area contributed by atoms with Gasteiger partial charge in [-0.25, -0.2) is 0 Å². The summed E-state index contributed by atoms with van der Waals surface area (Å²) in [5, 5.41) is 3.01. The summed E-state index contributed by atoms with van der Waals surface area (Å²) in [5.41, 5.74) is 7.33. The molecule has 1 aliphatic heterocycles. The van der Waals surface area contributed by atoms with E-state index in [0.717, 1.165) is 38.9 Å². The number of aryl methyl sites for hydroxylation is 1. The van der Waals surface area contributed by atoms with E-state index in [-0.39, 0.29) is 11.9 Å². The van der Waals surface area contributed by atoms with Crippen LogP contribution in [0.25, 0.3) is 0 Å². The van der Waals surface area contributed by atoms with E-state index < -0.39 is 0 Å². The third kappa shape index (κ3) is 5.86. The quantitative estimate of drug-likeness (QED) is 0.778. The van der Waals surface area contributed by atoms with Gasteiger partial charge >= 0.3 is 0 Å². The molecule has 0 aromatic heterocycles. The normalized spacial score (nSPS) is 23.0. The lowest BCUT2D eigenvalue weighted by Crippen LogP contribution is -2.49. The summed E-state index contributed by atoms with van der Waals surface area (Å²) in [6.45, 7) is 5.23. The summed E-state index contributed by atoms with van der Waals surface area (Å²) in [4.78, 5) is 14.1. The molecule has 21 heavy (non-hydrogen) atoms. The van der Waals surface area contributed by atoms with Crippen LogP contribution in [-0.2, 0) is 11.2 Å². The van der Waals surface area contributed by atoms with Gasteiger partial charge in [-0.3, -0.25) is 9.69 Å². The van der Waals surface area contributed by atoms with E-state index in [1.165, 1.54) is 5.56 Å². The monoisotopic (exact) mass is 289 g/mol. The lowest BCUT2D eigenvalue weighted by molar-refractivity contribution is -0.122. The summed E-state index contributed by atoms with van der Waals surface area (Å²) in [5.74, 6) is 0.698. The standard InChI is InChI=1S/C17H27N3O/c1-14-10-16(18)12-20(11-14)13-17(21)19-9-5-8-15-6-3-2-4-7-15/h2-4,6-7,14,16H,5,8-13,18H2,1H3,(H,19,21). The molecule has 1 saturated heterocycles. The molecular formula is C17H27N3O. The lowest BCUT2D eigenvalue weighted by Gasteiger charge is -2.34. The first-order chi connectivity index (χ1) is 10.1. The molecule has 1 aliphatic rings. The maximum absolute atomic E-state index is 11.9. The Morgan fingerprint density at radius 3 is 2.81 bits per heavy atom. The van der Waals surface area contributed by atoms with Crippen molar-refractivity contribution in [1.29, 1.82) is 0 Å². The van der Waals surface area contributed by atoms with Gasteiger partial charge in [0.05, 0.1) is 6.54 Å². The van der Waals surface area contributed by atoms with Crippen LogP contribution in [0.15, 0.2) is 30.3 Å². The lowest BCUT2D eigenvalue weighted by atomic mass is 9.97. The van der Waals surface area contributed by atoms with Gasteiger partial charge < -0.3 is 11.1 Å². The Morgan fingerprint density at radius 1 is 1.33 bits per heavy atom. The fraction of sp³-hybridized carbons (Fsp3) is 0.588. The Hall–Kier alpha value is -1.39. The van der Waals surface area contributed by atoms with Crippen LogP contribution < -0.4 is 11.1 Å². The van der Waals surface area contributed by atoms with Crippen LogP contribution >= 0.6 is 0 Å². The molecule has 0 spiro atoms. The topological polar surface area (TPSA) is 58.4 Å². The zero-order valence-electron chi connectivity index (χ0n) is 12.9. The number of likely N-dealkylation sites (tertiary alicyclic amines) is 1. The van der Waals surface area contributed by atoms with Crippen LogP contribution in [0.2, 0.25) is 0 Å². The molecule has 0 bridgehead atoms. The summed E-state index contributed by atoms with van der Waals surface area (Å²) >= 11 is 0. The van der Waals surface area contributed by atoms with Crippen LogP contribution in [0.3, 0.4) is 0 Å². The Balaban J connectivity index is 1.61. The third-order valence-corrected chi connectivity index (χ3v) is 3.94. The second-order valence-corrected chi connectivity index (χ2v) is 6.23. The van der Waals surface area contributed by atoms with Crippen molar-refractivity contribution < 1.29 is 4.79 Å². The number of nitrogens with one attached hydrogen (secondary N) is 1. The highest BCUT2D eigenvalue weighted by Gasteiger charge is 2.23. The predicted octanol–water partition coefficient (Wildman–Crippen LogP) is 1.40. The molecular weight excluding hydrogens is 262 g/mol. The van der Waals surface area contributed by atoms with Crippen molar-refractivity contribution in [3.63, 3.8) is 0 Å². The van der Waals surface area contributed by atoms with Crippen molar-refractivity contribution in [2.24, 2.45) is 11.7 Å².